The van der Waals surface area contributed by atoms with Crippen LogP contribution in [0.25, 0.3) is 5.65 Å². The Bertz CT molecular complexity index is 1290. The first-order valence-electron chi connectivity index (χ1n) is 8.89. The van der Waals surface area contributed by atoms with E-state index in [1.807, 2.05) is 0 Å². The first-order chi connectivity index (χ1) is 13.9. The normalized spacial score (nSPS) is 11.6. The molecule has 0 saturated heterocycles. The van der Waals surface area contributed by atoms with Gasteiger partial charge in [-0.25, -0.2) is 17.9 Å². The van der Waals surface area contributed by atoms with Crippen LogP contribution in [-0.4, -0.2) is 35.0 Å². The molecule has 0 radical (unpaired) electrons. The molecule has 1 aromatic carbocycles. The highest BCUT2D eigenvalue weighted by Gasteiger charge is 2.30. The molecular weight excluding hydrogens is 390 g/mol. The summed E-state index contributed by atoms with van der Waals surface area (Å²) < 4.78 is 34.1. The third-order valence-corrected chi connectivity index (χ3v) is 6.29. The van der Waals surface area contributed by atoms with Crippen molar-refractivity contribution in [3.63, 3.8) is 0 Å². The maximum atomic E-state index is 13.3. The van der Waals surface area contributed by atoms with Gasteiger partial charge in [0.15, 0.2) is 22.1 Å². The van der Waals surface area contributed by atoms with Crippen molar-refractivity contribution in [1.82, 2.24) is 19.6 Å². The number of pyridine rings is 1. The van der Waals surface area contributed by atoms with Crippen LogP contribution in [-0.2, 0) is 9.84 Å². The number of aryl methyl sites for hydroxylation is 2. The molecular formula is C20H19N5O3S. The van der Waals surface area contributed by atoms with Gasteiger partial charge in [0, 0.05) is 13.2 Å². The molecule has 3 heterocycles. The Balaban J connectivity index is 1.94. The van der Waals surface area contributed by atoms with Gasteiger partial charge in [0.2, 0.25) is 9.84 Å². The van der Waals surface area contributed by atoms with Gasteiger partial charge in [0.1, 0.15) is 5.75 Å². The number of fused-ring (bicyclic) bond motifs is 1. The molecule has 148 valence electrons. The molecule has 4 rings (SSSR count). The van der Waals surface area contributed by atoms with Gasteiger partial charge < -0.3 is 10.1 Å². The minimum atomic E-state index is -3.83. The van der Waals surface area contributed by atoms with Crippen molar-refractivity contribution in [3.05, 3.63) is 66.2 Å². The van der Waals surface area contributed by atoms with Crippen LogP contribution in [0.3, 0.4) is 0 Å². The average molecular weight is 409 g/mol. The van der Waals surface area contributed by atoms with Gasteiger partial charge in [-0.1, -0.05) is 18.2 Å². The zero-order chi connectivity index (χ0) is 20.6. The van der Waals surface area contributed by atoms with Gasteiger partial charge in [-0.05, 0) is 38.1 Å². The predicted octanol–water partition coefficient (Wildman–Crippen LogP) is 3.41. The minimum absolute atomic E-state index is 0.0327. The molecule has 0 fully saturated rings. The highest BCUT2D eigenvalue weighted by molar-refractivity contribution is 7.91. The second-order valence-corrected chi connectivity index (χ2v) is 8.27. The van der Waals surface area contributed by atoms with Crippen molar-refractivity contribution < 1.29 is 13.2 Å². The van der Waals surface area contributed by atoms with Crippen LogP contribution in [0, 0.1) is 13.8 Å². The summed E-state index contributed by atoms with van der Waals surface area (Å²) in [5, 5.41) is 7.31. The molecule has 0 aliphatic heterocycles. The van der Waals surface area contributed by atoms with Crippen LogP contribution in [0.5, 0.6) is 11.5 Å². The number of hydrogen-bond acceptors (Lipinski definition) is 7. The van der Waals surface area contributed by atoms with Crippen molar-refractivity contribution in [3.8, 4) is 11.5 Å². The second kappa shape index (κ2) is 7.17. The largest absolute Gasteiger partial charge is 0.452 e. The first-order valence-corrected chi connectivity index (χ1v) is 10.4. The highest BCUT2D eigenvalue weighted by atomic mass is 32.2. The molecule has 3 aromatic heterocycles. The maximum Gasteiger partial charge on any atom is 0.214 e. The number of sulfone groups is 1. The Morgan fingerprint density at radius 2 is 1.83 bits per heavy atom. The number of nitrogens with zero attached hydrogens (tertiary/aromatic N) is 4. The number of anilines is 1. The lowest BCUT2D eigenvalue weighted by Crippen LogP contribution is -2.07. The first kappa shape index (κ1) is 18.9. The standard InChI is InChI=1S/C20H19N5O3S/c1-13-17(28-15-8-7-11-22-12-15)14(2)25-20(23-13)18(19(21-3)24-25)29(26,27)16-9-5-4-6-10-16/h4-12H,1-3H3,(H,21,24). The molecule has 1 N–H and O–H groups in total. The van der Waals surface area contributed by atoms with Crippen molar-refractivity contribution in [2.45, 2.75) is 23.6 Å². The molecule has 0 amide bonds. The van der Waals surface area contributed by atoms with E-state index in [0.717, 1.165) is 0 Å². The lowest BCUT2D eigenvalue weighted by Gasteiger charge is -2.12. The minimum Gasteiger partial charge on any atom is -0.452 e. The van der Waals surface area contributed by atoms with Crippen molar-refractivity contribution in [1.29, 1.82) is 0 Å². The summed E-state index contributed by atoms with van der Waals surface area (Å²) in [5.41, 5.74) is 1.42. The third-order valence-electron chi connectivity index (χ3n) is 4.48. The van der Waals surface area contributed by atoms with E-state index < -0.39 is 9.84 Å². The fraction of sp³-hybridized carbons (Fsp3) is 0.150. The quantitative estimate of drug-likeness (QED) is 0.539. The topological polar surface area (TPSA) is 98.5 Å². The van der Waals surface area contributed by atoms with E-state index in [2.05, 4.69) is 20.4 Å². The summed E-state index contributed by atoms with van der Waals surface area (Å²) in [4.78, 5) is 8.78. The molecule has 9 heteroatoms. The van der Waals surface area contributed by atoms with E-state index in [9.17, 15) is 8.42 Å². The van der Waals surface area contributed by atoms with E-state index in [4.69, 9.17) is 4.74 Å². The van der Waals surface area contributed by atoms with Gasteiger partial charge >= 0.3 is 0 Å². The lowest BCUT2D eigenvalue weighted by atomic mass is 10.3. The van der Waals surface area contributed by atoms with Crippen molar-refractivity contribution in [2.75, 3.05) is 12.4 Å². The van der Waals surface area contributed by atoms with Gasteiger partial charge in [0.25, 0.3) is 0 Å². The number of rotatable bonds is 5. The van der Waals surface area contributed by atoms with Gasteiger partial charge in [-0.2, -0.15) is 0 Å². The summed E-state index contributed by atoms with van der Waals surface area (Å²) in [5.74, 6) is 1.28. The van der Waals surface area contributed by atoms with E-state index in [1.54, 1.807) is 75.8 Å². The number of benzene rings is 1. The predicted molar refractivity (Wildman–Crippen MR) is 108 cm³/mol. The van der Waals surface area contributed by atoms with E-state index >= 15 is 0 Å². The Labute approximate surface area is 168 Å². The molecule has 29 heavy (non-hydrogen) atoms. The SMILES string of the molecule is CNc1nn2c(C)c(Oc3cccnc3)c(C)nc2c1S(=O)(=O)c1ccccc1. The Morgan fingerprint density at radius 3 is 2.48 bits per heavy atom. The second-order valence-electron chi connectivity index (χ2n) is 6.38. The molecule has 4 aromatic rings. The van der Waals surface area contributed by atoms with Crippen LogP contribution >= 0.6 is 0 Å². The fourth-order valence-corrected chi connectivity index (χ4v) is 4.62. The summed E-state index contributed by atoms with van der Waals surface area (Å²) in [6.45, 7) is 3.57. The van der Waals surface area contributed by atoms with Crippen molar-refractivity contribution in [2.24, 2.45) is 0 Å². The van der Waals surface area contributed by atoms with E-state index in [-0.39, 0.29) is 21.3 Å². The molecule has 0 saturated carbocycles. The molecule has 8 nitrogen and oxygen atoms in total. The fourth-order valence-electron chi connectivity index (χ4n) is 3.10. The van der Waals surface area contributed by atoms with E-state index in [1.165, 1.54) is 4.52 Å². The smallest absolute Gasteiger partial charge is 0.214 e. The van der Waals surface area contributed by atoms with Gasteiger partial charge in [0.05, 0.1) is 22.5 Å². The molecule has 0 unspecified atom stereocenters. The van der Waals surface area contributed by atoms with Crippen LogP contribution < -0.4 is 10.1 Å². The number of hydrogen-bond donors (Lipinski definition) is 1. The summed E-state index contributed by atoms with van der Waals surface area (Å²) in [6.07, 6.45) is 3.25. The molecule has 0 atom stereocenters. The summed E-state index contributed by atoms with van der Waals surface area (Å²) >= 11 is 0. The summed E-state index contributed by atoms with van der Waals surface area (Å²) in [6, 6.07) is 11.8. The monoisotopic (exact) mass is 409 g/mol. The molecule has 0 aliphatic rings. The van der Waals surface area contributed by atoms with Crippen LogP contribution in [0.2, 0.25) is 0 Å². The average Bonchev–Trinajstić information content (AvgIpc) is 3.12. The molecule has 0 aliphatic carbocycles. The van der Waals surface area contributed by atoms with Crippen molar-refractivity contribution >= 4 is 21.3 Å². The molecule has 0 spiro atoms. The van der Waals surface area contributed by atoms with Gasteiger partial charge in [-0.15, -0.1) is 5.10 Å². The van der Waals surface area contributed by atoms with Crippen LogP contribution in [0.1, 0.15) is 11.4 Å². The number of aromatic nitrogens is 4. The Hall–Kier alpha value is -3.46. The Kier molecular flexibility index (Phi) is 4.67. The maximum absolute atomic E-state index is 13.3. The Morgan fingerprint density at radius 1 is 1.07 bits per heavy atom. The zero-order valence-electron chi connectivity index (χ0n) is 16.1. The number of ether oxygens (including phenoxy) is 1. The third kappa shape index (κ3) is 3.19. The number of nitrogens with one attached hydrogen (secondary N) is 1. The van der Waals surface area contributed by atoms with E-state index in [0.29, 0.717) is 22.9 Å². The van der Waals surface area contributed by atoms with Crippen LogP contribution in [0.15, 0.2) is 64.6 Å². The van der Waals surface area contributed by atoms with Gasteiger partial charge in [-0.3, -0.25) is 4.98 Å². The zero-order valence-corrected chi connectivity index (χ0v) is 16.9. The van der Waals surface area contributed by atoms with Crippen LogP contribution in [0.4, 0.5) is 5.82 Å². The molecule has 0 bridgehead atoms. The summed E-state index contributed by atoms with van der Waals surface area (Å²) in [7, 11) is -2.20. The lowest BCUT2D eigenvalue weighted by molar-refractivity contribution is 0.463. The highest BCUT2D eigenvalue weighted by Crippen LogP contribution is 2.34.